The maximum Gasteiger partial charge on any atom is 0.247 e. The van der Waals surface area contributed by atoms with Crippen LogP contribution in [0.1, 0.15) is 6.42 Å². The van der Waals surface area contributed by atoms with Crippen LogP contribution in [0.5, 0.6) is 11.5 Å². The van der Waals surface area contributed by atoms with E-state index >= 15 is 0 Å². The van der Waals surface area contributed by atoms with E-state index in [4.69, 9.17) is 9.47 Å². The van der Waals surface area contributed by atoms with E-state index in [1.54, 1.807) is 62.8 Å². The zero-order valence-corrected chi connectivity index (χ0v) is 16.3. The molecule has 7 nitrogen and oxygen atoms in total. The van der Waals surface area contributed by atoms with Gasteiger partial charge < -0.3 is 14.8 Å². The number of carbonyl (C=O) groups excluding carboxylic acids is 3. The molecule has 1 aliphatic heterocycles. The van der Waals surface area contributed by atoms with Gasteiger partial charge in [-0.25, -0.2) is 4.90 Å². The van der Waals surface area contributed by atoms with Crippen molar-refractivity contribution >= 4 is 40.9 Å². The fourth-order valence-electron chi connectivity index (χ4n) is 2.78. The van der Waals surface area contributed by atoms with Gasteiger partial charge in [-0.15, -0.1) is 11.8 Å². The van der Waals surface area contributed by atoms with Gasteiger partial charge in [-0.1, -0.05) is 0 Å². The van der Waals surface area contributed by atoms with Gasteiger partial charge in [0.1, 0.15) is 11.5 Å². The summed E-state index contributed by atoms with van der Waals surface area (Å²) in [5.74, 6) is 0.593. The van der Waals surface area contributed by atoms with Crippen molar-refractivity contribution in [1.82, 2.24) is 0 Å². The van der Waals surface area contributed by atoms with E-state index in [0.717, 1.165) is 11.8 Å². The Balaban J connectivity index is 1.56. The Hall–Kier alpha value is -3.00. The van der Waals surface area contributed by atoms with Crippen molar-refractivity contribution in [1.29, 1.82) is 0 Å². The molecule has 0 saturated carbocycles. The number of amides is 3. The molecule has 2 aromatic rings. The number of hydrogen-bond acceptors (Lipinski definition) is 6. The molecule has 0 unspecified atom stereocenters. The van der Waals surface area contributed by atoms with Crippen LogP contribution < -0.4 is 19.7 Å². The van der Waals surface area contributed by atoms with Crippen LogP contribution in [0.3, 0.4) is 0 Å². The Kier molecular flexibility index (Phi) is 6.20. The third-order valence-corrected chi connectivity index (χ3v) is 5.42. The fraction of sp³-hybridized carbons (Fsp3) is 0.250. The highest BCUT2D eigenvalue weighted by Gasteiger charge is 2.40. The van der Waals surface area contributed by atoms with E-state index in [0.29, 0.717) is 22.9 Å². The van der Waals surface area contributed by atoms with Gasteiger partial charge in [-0.05, 0) is 48.5 Å². The molecule has 1 heterocycles. The maximum atomic E-state index is 12.6. The highest BCUT2D eigenvalue weighted by molar-refractivity contribution is 8.01. The van der Waals surface area contributed by atoms with Crippen molar-refractivity contribution < 1.29 is 23.9 Å². The zero-order chi connectivity index (χ0) is 20.1. The number of benzene rings is 2. The lowest BCUT2D eigenvalue weighted by atomic mass is 10.3. The summed E-state index contributed by atoms with van der Waals surface area (Å²) in [6.07, 6.45) is 0.0747. The molecule has 3 amide bonds. The summed E-state index contributed by atoms with van der Waals surface area (Å²) < 4.78 is 10.2. The number of nitrogens with one attached hydrogen (secondary N) is 1. The van der Waals surface area contributed by atoms with Crippen LogP contribution in [-0.4, -0.2) is 42.9 Å². The molecule has 0 aliphatic carbocycles. The fourth-order valence-corrected chi connectivity index (χ4v) is 3.72. The average molecular weight is 400 g/mol. The van der Waals surface area contributed by atoms with Crippen LogP contribution in [0.2, 0.25) is 0 Å². The Bertz CT molecular complexity index is 867. The second-order valence-corrected chi connectivity index (χ2v) is 7.24. The molecule has 8 heteroatoms. The van der Waals surface area contributed by atoms with Gasteiger partial charge >= 0.3 is 0 Å². The van der Waals surface area contributed by atoms with E-state index in [2.05, 4.69) is 5.32 Å². The van der Waals surface area contributed by atoms with E-state index in [1.807, 2.05) is 0 Å². The Morgan fingerprint density at radius 3 is 2.18 bits per heavy atom. The largest absolute Gasteiger partial charge is 0.497 e. The first-order valence-electron chi connectivity index (χ1n) is 8.58. The number of nitrogens with zero attached hydrogens (tertiary/aromatic N) is 1. The van der Waals surface area contributed by atoms with Crippen LogP contribution in [0.15, 0.2) is 48.5 Å². The van der Waals surface area contributed by atoms with Crippen molar-refractivity contribution in [2.24, 2.45) is 0 Å². The molecule has 0 radical (unpaired) electrons. The second kappa shape index (κ2) is 8.79. The summed E-state index contributed by atoms with van der Waals surface area (Å²) in [6.45, 7) is 0. The second-order valence-electron chi connectivity index (χ2n) is 6.05. The van der Waals surface area contributed by atoms with Crippen molar-refractivity contribution in [3.8, 4) is 11.5 Å². The van der Waals surface area contributed by atoms with E-state index < -0.39 is 5.25 Å². The minimum Gasteiger partial charge on any atom is -0.497 e. The summed E-state index contributed by atoms with van der Waals surface area (Å²) in [5.41, 5.74) is 1.14. The number of hydrogen-bond donors (Lipinski definition) is 1. The normalized spacial score (nSPS) is 16.2. The number of imide groups is 1. The molecular formula is C20H20N2O5S. The van der Waals surface area contributed by atoms with Gasteiger partial charge in [0.2, 0.25) is 17.7 Å². The molecule has 1 N–H and O–H groups in total. The topological polar surface area (TPSA) is 84.9 Å². The van der Waals surface area contributed by atoms with Gasteiger partial charge in [0.25, 0.3) is 0 Å². The van der Waals surface area contributed by atoms with Gasteiger partial charge in [-0.2, -0.15) is 0 Å². The maximum absolute atomic E-state index is 12.6. The van der Waals surface area contributed by atoms with Crippen LogP contribution in [-0.2, 0) is 14.4 Å². The Labute approximate surface area is 167 Å². The van der Waals surface area contributed by atoms with E-state index in [1.165, 1.54) is 4.90 Å². The number of methoxy groups -OCH3 is 2. The smallest absolute Gasteiger partial charge is 0.247 e. The number of carbonyl (C=O) groups is 3. The highest BCUT2D eigenvalue weighted by Crippen LogP contribution is 2.30. The Morgan fingerprint density at radius 2 is 1.61 bits per heavy atom. The van der Waals surface area contributed by atoms with E-state index in [-0.39, 0.29) is 29.9 Å². The minimum atomic E-state index is -0.573. The number of rotatable bonds is 7. The van der Waals surface area contributed by atoms with Crippen LogP contribution in [0, 0.1) is 0 Å². The predicted octanol–water partition coefficient (Wildman–Crippen LogP) is 2.71. The first-order chi connectivity index (χ1) is 13.5. The van der Waals surface area contributed by atoms with Gasteiger partial charge in [0, 0.05) is 12.1 Å². The average Bonchev–Trinajstić information content (AvgIpc) is 3.00. The molecule has 1 atom stereocenters. The quantitative estimate of drug-likeness (QED) is 0.720. The third kappa shape index (κ3) is 4.45. The molecule has 0 aromatic heterocycles. The Morgan fingerprint density at radius 1 is 1.04 bits per heavy atom. The summed E-state index contributed by atoms with van der Waals surface area (Å²) in [5, 5.41) is 2.19. The first-order valence-corrected chi connectivity index (χ1v) is 9.63. The molecule has 1 aliphatic rings. The van der Waals surface area contributed by atoms with Crippen LogP contribution in [0.4, 0.5) is 11.4 Å². The molecule has 3 rings (SSSR count). The molecule has 0 bridgehead atoms. The molecule has 146 valence electrons. The lowest BCUT2D eigenvalue weighted by Crippen LogP contribution is -2.31. The zero-order valence-electron chi connectivity index (χ0n) is 15.5. The molecule has 1 fully saturated rings. The number of thioether (sulfide) groups is 1. The van der Waals surface area contributed by atoms with E-state index in [9.17, 15) is 14.4 Å². The lowest BCUT2D eigenvalue weighted by Gasteiger charge is -2.15. The lowest BCUT2D eigenvalue weighted by molar-refractivity contribution is -0.121. The van der Waals surface area contributed by atoms with Crippen LogP contribution >= 0.6 is 11.8 Å². The highest BCUT2D eigenvalue weighted by atomic mass is 32.2. The number of anilines is 2. The predicted molar refractivity (Wildman–Crippen MR) is 108 cm³/mol. The van der Waals surface area contributed by atoms with Crippen molar-refractivity contribution in [3.05, 3.63) is 48.5 Å². The molecule has 1 saturated heterocycles. The molecule has 2 aromatic carbocycles. The van der Waals surface area contributed by atoms with Crippen molar-refractivity contribution in [3.63, 3.8) is 0 Å². The monoisotopic (exact) mass is 400 g/mol. The van der Waals surface area contributed by atoms with Crippen molar-refractivity contribution in [2.75, 3.05) is 30.2 Å². The third-order valence-electron chi connectivity index (χ3n) is 4.23. The molecule has 28 heavy (non-hydrogen) atoms. The summed E-state index contributed by atoms with van der Waals surface area (Å²) in [6, 6.07) is 13.7. The standard InChI is InChI=1S/C20H20N2O5S/c1-26-15-7-3-13(4-8-15)21-18(23)12-28-17-11-19(24)22(20(17)25)14-5-9-16(27-2)10-6-14/h3-10,17H,11-12H2,1-2H3,(H,21,23)/t17-/m0/s1. The van der Waals surface area contributed by atoms with Gasteiger partial charge in [0.15, 0.2) is 0 Å². The molecular weight excluding hydrogens is 380 g/mol. The molecule has 0 spiro atoms. The summed E-state index contributed by atoms with van der Waals surface area (Å²) in [7, 11) is 3.12. The number of ether oxygens (including phenoxy) is 2. The minimum absolute atomic E-state index is 0.0747. The van der Waals surface area contributed by atoms with Crippen LogP contribution in [0.25, 0.3) is 0 Å². The van der Waals surface area contributed by atoms with Gasteiger partial charge in [0.05, 0.1) is 30.9 Å². The summed E-state index contributed by atoms with van der Waals surface area (Å²) >= 11 is 1.16. The SMILES string of the molecule is COc1ccc(NC(=O)CS[C@H]2CC(=O)N(c3ccc(OC)cc3)C2=O)cc1. The first kappa shape index (κ1) is 19.8. The van der Waals surface area contributed by atoms with Crippen molar-refractivity contribution in [2.45, 2.75) is 11.7 Å². The summed E-state index contributed by atoms with van der Waals surface area (Å²) in [4.78, 5) is 38.2. The van der Waals surface area contributed by atoms with Gasteiger partial charge in [-0.3, -0.25) is 14.4 Å².